The Morgan fingerprint density at radius 3 is 2.65 bits per heavy atom. The van der Waals surface area contributed by atoms with E-state index in [0.29, 0.717) is 12.0 Å². The van der Waals surface area contributed by atoms with E-state index >= 15 is 0 Å². The van der Waals surface area contributed by atoms with Crippen molar-refractivity contribution in [1.29, 1.82) is 0 Å². The highest BCUT2D eigenvalue weighted by Crippen LogP contribution is 2.24. The number of carbonyl (C=O) groups is 1. The van der Waals surface area contributed by atoms with Gasteiger partial charge >= 0.3 is 5.97 Å². The van der Waals surface area contributed by atoms with Crippen molar-refractivity contribution in [3.05, 3.63) is 46.0 Å². The van der Waals surface area contributed by atoms with E-state index in [0.717, 1.165) is 22.9 Å². The van der Waals surface area contributed by atoms with Gasteiger partial charge in [0, 0.05) is 18.5 Å². The van der Waals surface area contributed by atoms with Crippen molar-refractivity contribution in [1.82, 2.24) is 4.98 Å². The quantitative estimate of drug-likeness (QED) is 0.919. The van der Waals surface area contributed by atoms with Gasteiger partial charge in [-0.05, 0) is 31.9 Å². The molecule has 1 aromatic heterocycles. The van der Waals surface area contributed by atoms with E-state index in [9.17, 15) is 4.79 Å². The molecule has 0 saturated carbocycles. The van der Waals surface area contributed by atoms with E-state index in [1.807, 2.05) is 26.1 Å². The number of carboxylic acid groups (broad SMARTS) is 1. The molecule has 0 aliphatic heterocycles. The average molecular weight is 290 g/mol. The van der Waals surface area contributed by atoms with Crippen LogP contribution in [0.3, 0.4) is 0 Å². The molecule has 0 atom stereocenters. The van der Waals surface area contributed by atoms with Crippen LogP contribution in [0.1, 0.15) is 26.5 Å². The number of benzene rings is 1. The third-order valence-corrected chi connectivity index (χ3v) is 4.50. The SMILES string of the molecule is Cc1nc(N(C)CCc2ccccc2C(=O)O)sc1C. The molecule has 2 aromatic rings. The maximum atomic E-state index is 11.2. The molecule has 0 saturated heterocycles. The summed E-state index contributed by atoms with van der Waals surface area (Å²) in [6.07, 6.45) is 0.691. The smallest absolute Gasteiger partial charge is 0.335 e. The first-order valence-corrected chi connectivity index (χ1v) is 7.27. The van der Waals surface area contributed by atoms with Crippen LogP contribution in [-0.4, -0.2) is 29.7 Å². The molecule has 106 valence electrons. The predicted octanol–water partition coefficient (Wildman–Crippen LogP) is 3.14. The Morgan fingerprint density at radius 2 is 2.05 bits per heavy atom. The minimum absolute atomic E-state index is 0.382. The second kappa shape index (κ2) is 6.05. The Labute approximate surface area is 122 Å². The maximum absolute atomic E-state index is 11.2. The summed E-state index contributed by atoms with van der Waals surface area (Å²) in [4.78, 5) is 19.0. The fourth-order valence-electron chi connectivity index (χ4n) is 1.95. The van der Waals surface area contributed by atoms with Crippen molar-refractivity contribution < 1.29 is 9.90 Å². The monoisotopic (exact) mass is 290 g/mol. The number of aryl methyl sites for hydroxylation is 2. The zero-order valence-electron chi connectivity index (χ0n) is 11.9. The van der Waals surface area contributed by atoms with Gasteiger partial charge in [0.05, 0.1) is 11.3 Å². The first-order chi connectivity index (χ1) is 9.49. The standard InChI is InChI=1S/C15H18N2O2S/c1-10-11(2)20-15(16-10)17(3)9-8-12-6-4-5-7-13(12)14(18)19/h4-7H,8-9H2,1-3H3,(H,18,19). The molecule has 0 radical (unpaired) electrons. The van der Waals surface area contributed by atoms with Crippen molar-refractivity contribution in [2.75, 3.05) is 18.5 Å². The van der Waals surface area contributed by atoms with E-state index in [1.165, 1.54) is 4.88 Å². The topological polar surface area (TPSA) is 53.4 Å². The van der Waals surface area contributed by atoms with Crippen LogP contribution < -0.4 is 4.90 Å². The summed E-state index contributed by atoms with van der Waals surface area (Å²) < 4.78 is 0. The van der Waals surface area contributed by atoms with Gasteiger partial charge in [0.2, 0.25) is 0 Å². The van der Waals surface area contributed by atoms with E-state index in [-0.39, 0.29) is 0 Å². The summed E-state index contributed by atoms with van der Waals surface area (Å²) in [6.45, 7) is 4.81. The maximum Gasteiger partial charge on any atom is 0.335 e. The van der Waals surface area contributed by atoms with Gasteiger partial charge in [-0.3, -0.25) is 0 Å². The van der Waals surface area contributed by atoms with E-state index in [1.54, 1.807) is 23.5 Å². The Balaban J connectivity index is 2.07. The lowest BCUT2D eigenvalue weighted by Crippen LogP contribution is -2.21. The van der Waals surface area contributed by atoms with Crippen LogP contribution in [0.15, 0.2) is 24.3 Å². The fraction of sp³-hybridized carbons (Fsp3) is 0.333. The third kappa shape index (κ3) is 3.17. The number of hydrogen-bond acceptors (Lipinski definition) is 4. The van der Waals surface area contributed by atoms with Crippen molar-refractivity contribution >= 4 is 22.4 Å². The summed E-state index contributed by atoms with van der Waals surface area (Å²) in [5, 5.41) is 10.1. The van der Waals surface area contributed by atoms with Crippen molar-refractivity contribution in [3.8, 4) is 0 Å². The first kappa shape index (κ1) is 14.5. The fourth-order valence-corrected chi connectivity index (χ4v) is 2.85. The summed E-state index contributed by atoms with van der Waals surface area (Å²) in [6, 6.07) is 7.15. The van der Waals surface area contributed by atoms with E-state index in [2.05, 4.69) is 16.8 Å². The summed E-state index contributed by atoms with van der Waals surface area (Å²) >= 11 is 1.67. The highest BCUT2D eigenvalue weighted by Gasteiger charge is 2.12. The van der Waals surface area contributed by atoms with Gasteiger partial charge in [-0.15, -0.1) is 11.3 Å². The molecular formula is C15H18N2O2S. The first-order valence-electron chi connectivity index (χ1n) is 6.45. The van der Waals surface area contributed by atoms with E-state index < -0.39 is 5.97 Å². The molecule has 0 spiro atoms. The number of rotatable bonds is 5. The Morgan fingerprint density at radius 1 is 1.35 bits per heavy atom. The molecule has 5 heteroatoms. The highest BCUT2D eigenvalue weighted by atomic mass is 32.1. The number of thiazole rings is 1. The van der Waals surface area contributed by atoms with Crippen LogP contribution in [0.2, 0.25) is 0 Å². The zero-order valence-corrected chi connectivity index (χ0v) is 12.7. The molecule has 0 amide bonds. The number of likely N-dealkylation sites (N-methyl/N-ethyl adjacent to an activating group) is 1. The lowest BCUT2D eigenvalue weighted by atomic mass is 10.0. The molecule has 1 aromatic carbocycles. The minimum Gasteiger partial charge on any atom is -0.478 e. The Kier molecular flexibility index (Phi) is 4.39. The van der Waals surface area contributed by atoms with Gasteiger partial charge in [-0.2, -0.15) is 0 Å². The van der Waals surface area contributed by atoms with Crippen LogP contribution in [0.25, 0.3) is 0 Å². The number of hydrogen-bond donors (Lipinski definition) is 1. The van der Waals surface area contributed by atoms with Gasteiger partial charge in [-0.25, -0.2) is 9.78 Å². The van der Waals surface area contributed by atoms with Gasteiger partial charge in [0.15, 0.2) is 5.13 Å². The second-order valence-corrected chi connectivity index (χ2v) is 5.95. The Hall–Kier alpha value is -1.88. The molecule has 0 bridgehead atoms. The lowest BCUT2D eigenvalue weighted by molar-refractivity contribution is 0.0695. The van der Waals surface area contributed by atoms with Gasteiger partial charge in [0.25, 0.3) is 0 Å². The predicted molar refractivity (Wildman–Crippen MR) is 82.0 cm³/mol. The van der Waals surface area contributed by atoms with Crippen LogP contribution >= 0.6 is 11.3 Å². The molecule has 0 aliphatic carbocycles. The number of carboxylic acids is 1. The number of aromatic nitrogens is 1. The molecule has 1 heterocycles. The number of aromatic carboxylic acids is 1. The number of nitrogens with zero attached hydrogens (tertiary/aromatic N) is 2. The average Bonchev–Trinajstić information content (AvgIpc) is 2.76. The van der Waals surface area contributed by atoms with Crippen LogP contribution in [0, 0.1) is 13.8 Å². The highest BCUT2D eigenvalue weighted by molar-refractivity contribution is 7.15. The largest absolute Gasteiger partial charge is 0.478 e. The molecule has 1 N–H and O–H groups in total. The molecule has 0 aliphatic rings. The number of anilines is 1. The van der Waals surface area contributed by atoms with Crippen LogP contribution in [-0.2, 0) is 6.42 Å². The van der Waals surface area contributed by atoms with Crippen molar-refractivity contribution in [3.63, 3.8) is 0 Å². The second-order valence-electron chi connectivity index (χ2n) is 4.77. The third-order valence-electron chi connectivity index (χ3n) is 3.31. The van der Waals surface area contributed by atoms with Gasteiger partial charge < -0.3 is 10.0 Å². The summed E-state index contributed by atoms with van der Waals surface area (Å²) in [7, 11) is 1.99. The van der Waals surface area contributed by atoms with Gasteiger partial charge in [0.1, 0.15) is 0 Å². The van der Waals surface area contributed by atoms with Crippen molar-refractivity contribution in [2.45, 2.75) is 20.3 Å². The van der Waals surface area contributed by atoms with E-state index in [4.69, 9.17) is 5.11 Å². The van der Waals surface area contributed by atoms with Gasteiger partial charge in [-0.1, -0.05) is 18.2 Å². The van der Waals surface area contributed by atoms with Crippen LogP contribution in [0.4, 0.5) is 5.13 Å². The molecule has 20 heavy (non-hydrogen) atoms. The minimum atomic E-state index is -0.871. The molecule has 4 nitrogen and oxygen atoms in total. The molecule has 2 rings (SSSR count). The zero-order chi connectivity index (χ0) is 14.7. The normalized spacial score (nSPS) is 10.6. The molecule has 0 fully saturated rings. The Bertz CT molecular complexity index is 603. The van der Waals surface area contributed by atoms with Crippen molar-refractivity contribution in [2.24, 2.45) is 0 Å². The summed E-state index contributed by atoms with van der Waals surface area (Å²) in [5.74, 6) is -0.871. The molecule has 0 unspecified atom stereocenters. The molecular weight excluding hydrogens is 272 g/mol. The van der Waals surface area contributed by atoms with Crippen LogP contribution in [0.5, 0.6) is 0 Å². The summed E-state index contributed by atoms with van der Waals surface area (Å²) in [5.41, 5.74) is 2.30. The lowest BCUT2D eigenvalue weighted by Gasteiger charge is -2.16.